The molecule has 4 heteroatoms. The van der Waals surface area contributed by atoms with Crippen LogP contribution in [0.2, 0.25) is 0 Å². The minimum Gasteiger partial charge on any atom is -0.455 e. The van der Waals surface area contributed by atoms with Crippen LogP contribution in [0.1, 0.15) is 0 Å². The summed E-state index contributed by atoms with van der Waals surface area (Å²) < 4.78 is 12.0. The topological polar surface area (TPSA) is 16.4 Å². The van der Waals surface area contributed by atoms with Crippen molar-refractivity contribution in [1.82, 2.24) is 0 Å². The maximum atomic E-state index is 6.84. The van der Waals surface area contributed by atoms with Gasteiger partial charge in [-0.25, -0.2) is 0 Å². The van der Waals surface area contributed by atoms with Gasteiger partial charge in [0.1, 0.15) is 11.2 Å². The highest BCUT2D eigenvalue weighted by molar-refractivity contribution is 7.27. The largest absolute Gasteiger partial charge is 0.455 e. The van der Waals surface area contributed by atoms with Crippen LogP contribution in [0.3, 0.4) is 0 Å². The highest BCUT2D eigenvalue weighted by atomic mass is 32.1. The molecule has 2 nitrogen and oxygen atoms in total. The molecule has 11 aromatic rings. The fourth-order valence-electron chi connectivity index (χ4n) is 7.80. The molecule has 0 spiro atoms. The Morgan fingerprint density at radius 2 is 1.10 bits per heavy atom. The summed E-state index contributed by atoms with van der Waals surface area (Å²) in [6, 6.07) is 59.2. The molecule has 50 heavy (non-hydrogen) atoms. The fraction of sp³-hybridized carbons (Fsp3) is 0. The number of hydrogen-bond donors (Lipinski definition) is 0. The normalized spacial score (nSPS) is 12.0. The Hall–Kier alpha value is -5.94. The van der Waals surface area contributed by atoms with E-state index in [1.807, 2.05) is 22.7 Å². The summed E-state index contributed by atoms with van der Waals surface area (Å²) in [7, 11) is 0. The quantitative estimate of drug-likeness (QED) is 0.185. The van der Waals surface area contributed by atoms with Crippen molar-refractivity contribution < 1.29 is 4.42 Å². The molecule has 0 aliphatic carbocycles. The molecule has 0 fully saturated rings. The highest BCUT2D eigenvalue weighted by Crippen LogP contribution is 2.51. The predicted octanol–water partition coefficient (Wildman–Crippen LogP) is 14.6. The van der Waals surface area contributed by atoms with Crippen LogP contribution in [0.15, 0.2) is 168 Å². The van der Waals surface area contributed by atoms with E-state index in [1.54, 1.807) is 0 Å². The number of anilines is 3. The Labute approximate surface area is 295 Å². The third-order valence-electron chi connectivity index (χ3n) is 10.0. The molecule has 0 unspecified atom stereocenters. The van der Waals surface area contributed by atoms with E-state index < -0.39 is 0 Å². The Bertz CT molecular complexity index is 3060. The van der Waals surface area contributed by atoms with Gasteiger partial charge in [-0.2, -0.15) is 0 Å². The lowest BCUT2D eigenvalue weighted by molar-refractivity contribution is 0.670. The molecule has 0 N–H and O–H groups in total. The zero-order chi connectivity index (χ0) is 32.8. The molecule has 3 aromatic heterocycles. The SMILES string of the molecule is c1ccc(N(c2ccccc2)c2cc(-c3cc4c5ccccc5sc4c4c3oc3ccccc34)cc3sc4c5ccccc5ccc4c23)cc1. The van der Waals surface area contributed by atoms with E-state index >= 15 is 0 Å². The first kappa shape index (κ1) is 28.0. The molecular weight excluding hydrogens is 647 g/mol. The van der Waals surface area contributed by atoms with Gasteiger partial charge in [0.05, 0.1) is 5.69 Å². The number of hydrogen-bond acceptors (Lipinski definition) is 4. The van der Waals surface area contributed by atoms with Crippen molar-refractivity contribution in [3.05, 3.63) is 164 Å². The number of fused-ring (bicyclic) bond motifs is 12. The van der Waals surface area contributed by atoms with Gasteiger partial charge in [-0.05, 0) is 70.9 Å². The zero-order valence-corrected chi connectivity index (χ0v) is 28.4. The molecule has 0 atom stereocenters. The first-order chi connectivity index (χ1) is 24.8. The second-order valence-corrected chi connectivity index (χ2v) is 14.9. The van der Waals surface area contributed by atoms with Gasteiger partial charge in [-0.3, -0.25) is 0 Å². The number of para-hydroxylation sites is 3. The van der Waals surface area contributed by atoms with Crippen LogP contribution in [0.4, 0.5) is 17.1 Å². The summed E-state index contributed by atoms with van der Waals surface area (Å²) in [6.45, 7) is 0. The van der Waals surface area contributed by atoms with Crippen molar-refractivity contribution in [3.63, 3.8) is 0 Å². The maximum absolute atomic E-state index is 6.84. The van der Waals surface area contributed by atoms with Gasteiger partial charge in [-0.15, -0.1) is 22.7 Å². The summed E-state index contributed by atoms with van der Waals surface area (Å²) in [5.74, 6) is 0. The van der Waals surface area contributed by atoms with E-state index in [-0.39, 0.29) is 0 Å². The van der Waals surface area contributed by atoms with Crippen LogP contribution in [0, 0.1) is 0 Å². The summed E-state index contributed by atoms with van der Waals surface area (Å²) in [4.78, 5) is 2.42. The highest BCUT2D eigenvalue weighted by Gasteiger charge is 2.24. The minimum atomic E-state index is 0.915. The Kier molecular flexibility index (Phi) is 6.03. The van der Waals surface area contributed by atoms with Gasteiger partial charge < -0.3 is 9.32 Å². The van der Waals surface area contributed by atoms with Crippen molar-refractivity contribution in [2.75, 3.05) is 4.90 Å². The maximum Gasteiger partial charge on any atom is 0.144 e. The zero-order valence-electron chi connectivity index (χ0n) is 26.8. The summed E-state index contributed by atoms with van der Waals surface area (Å²) in [6.07, 6.45) is 0. The molecule has 0 radical (unpaired) electrons. The van der Waals surface area contributed by atoms with Crippen LogP contribution in [-0.4, -0.2) is 0 Å². The van der Waals surface area contributed by atoms with Gasteiger partial charge in [0.25, 0.3) is 0 Å². The minimum absolute atomic E-state index is 0.915. The van der Waals surface area contributed by atoms with Gasteiger partial charge >= 0.3 is 0 Å². The molecule has 234 valence electrons. The summed E-state index contributed by atoms with van der Waals surface area (Å²) in [5, 5.41) is 9.99. The lowest BCUT2D eigenvalue weighted by atomic mass is 9.96. The van der Waals surface area contributed by atoms with E-state index in [9.17, 15) is 0 Å². The number of benzene rings is 8. The first-order valence-electron chi connectivity index (χ1n) is 16.8. The van der Waals surface area contributed by atoms with Gasteiger partial charge in [0.2, 0.25) is 0 Å². The Morgan fingerprint density at radius 3 is 1.90 bits per heavy atom. The van der Waals surface area contributed by atoms with E-state index in [2.05, 4.69) is 169 Å². The number of nitrogens with zero attached hydrogens (tertiary/aromatic N) is 1. The van der Waals surface area contributed by atoms with Crippen molar-refractivity contribution in [2.24, 2.45) is 0 Å². The average molecular weight is 674 g/mol. The third kappa shape index (κ3) is 4.07. The van der Waals surface area contributed by atoms with Crippen molar-refractivity contribution >= 4 is 113 Å². The standard InChI is InChI=1S/C46H27NOS2/c1-3-14-30(15-4-1)47(31-16-5-2-6-17-31)38-25-29(26-41-42(38)35-24-23-28-13-7-8-18-32(28)45(35)50-41)36-27-37-33-19-10-12-22-40(33)49-46(37)43-34-20-9-11-21-39(34)48-44(36)43/h1-27H. The molecule has 0 saturated carbocycles. The lowest BCUT2D eigenvalue weighted by Crippen LogP contribution is -2.10. The van der Waals surface area contributed by atoms with E-state index in [1.165, 1.54) is 56.5 Å². The van der Waals surface area contributed by atoms with Crippen molar-refractivity contribution in [2.45, 2.75) is 0 Å². The van der Waals surface area contributed by atoms with E-state index in [4.69, 9.17) is 4.42 Å². The fourth-order valence-corrected chi connectivity index (χ4v) is 10.3. The summed E-state index contributed by atoms with van der Waals surface area (Å²) in [5.41, 5.74) is 7.48. The predicted molar refractivity (Wildman–Crippen MR) is 217 cm³/mol. The molecule has 8 aromatic carbocycles. The smallest absolute Gasteiger partial charge is 0.144 e. The summed E-state index contributed by atoms with van der Waals surface area (Å²) >= 11 is 3.74. The molecule has 0 aliphatic heterocycles. The second kappa shape index (κ2) is 10.8. The molecule has 3 heterocycles. The van der Waals surface area contributed by atoms with Crippen LogP contribution >= 0.6 is 22.7 Å². The molecule has 0 bridgehead atoms. The van der Waals surface area contributed by atoms with Gasteiger partial charge in [-0.1, -0.05) is 109 Å². The number of furan rings is 1. The van der Waals surface area contributed by atoms with Gasteiger partial charge in [0.15, 0.2) is 0 Å². The van der Waals surface area contributed by atoms with E-state index in [0.717, 1.165) is 44.7 Å². The van der Waals surface area contributed by atoms with Crippen LogP contribution in [0.25, 0.3) is 84.2 Å². The third-order valence-corrected chi connectivity index (χ3v) is 12.4. The lowest BCUT2D eigenvalue weighted by Gasteiger charge is -2.27. The van der Waals surface area contributed by atoms with Crippen LogP contribution in [0.5, 0.6) is 0 Å². The second-order valence-electron chi connectivity index (χ2n) is 12.8. The molecule has 0 saturated heterocycles. The average Bonchev–Trinajstić information content (AvgIpc) is 3.87. The molecule has 11 rings (SSSR count). The van der Waals surface area contributed by atoms with E-state index in [0.29, 0.717) is 0 Å². The Balaban J connectivity index is 1.31. The van der Waals surface area contributed by atoms with Crippen LogP contribution < -0.4 is 4.90 Å². The molecule has 0 aliphatic rings. The Morgan fingerprint density at radius 1 is 0.440 bits per heavy atom. The number of thiophene rings is 2. The number of rotatable bonds is 4. The first-order valence-corrected chi connectivity index (χ1v) is 18.5. The molecular formula is C46H27NOS2. The van der Waals surface area contributed by atoms with Crippen molar-refractivity contribution in [3.8, 4) is 11.1 Å². The van der Waals surface area contributed by atoms with Crippen molar-refractivity contribution in [1.29, 1.82) is 0 Å². The van der Waals surface area contributed by atoms with Gasteiger partial charge in [0, 0.05) is 68.1 Å². The molecule has 0 amide bonds. The van der Waals surface area contributed by atoms with Crippen LogP contribution in [-0.2, 0) is 0 Å². The monoisotopic (exact) mass is 673 g/mol.